The summed E-state index contributed by atoms with van der Waals surface area (Å²) < 4.78 is 5.54. The van der Waals surface area contributed by atoms with Gasteiger partial charge in [-0.25, -0.2) is 0 Å². The number of hydrogen-bond donors (Lipinski definition) is 4. The highest BCUT2D eigenvalue weighted by atomic mass is 35.5. The van der Waals surface area contributed by atoms with Gasteiger partial charge >= 0.3 is 0 Å². The molecule has 0 radical (unpaired) electrons. The van der Waals surface area contributed by atoms with Crippen molar-refractivity contribution in [2.75, 3.05) is 50.0 Å². The third kappa shape index (κ3) is 7.42. The molecule has 0 aliphatic carbocycles. The van der Waals surface area contributed by atoms with Crippen LogP contribution in [0.4, 0.5) is 5.69 Å². The van der Waals surface area contributed by atoms with Crippen LogP contribution in [-0.4, -0.2) is 101 Å². The van der Waals surface area contributed by atoms with Gasteiger partial charge in [0.1, 0.15) is 24.4 Å². The molecule has 4 N–H and O–H groups in total. The number of hydroxylamine groups is 2. The van der Waals surface area contributed by atoms with Crippen LogP contribution in [0.3, 0.4) is 0 Å². The minimum absolute atomic E-state index is 0.455. The number of hydrogen-bond acceptors (Lipinski definition) is 8. The van der Waals surface area contributed by atoms with Gasteiger partial charge in [-0.1, -0.05) is 12.1 Å². The van der Waals surface area contributed by atoms with Crippen molar-refractivity contribution in [2.24, 2.45) is 0 Å². The molecule has 1 unspecified atom stereocenters. The lowest BCUT2D eigenvalue weighted by Crippen LogP contribution is -2.63. The second-order valence-electron chi connectivity index (χ2n) is 7.53. The van der Waals surface area contributed by atoms with Crippen molar-refractivity contribution in [2.45, 2.75) is 49.9 Å². The number of anilines is 1. The second-order valence-corrected chi connectivity index (χ2v) is 8.29. The van der Waals surface area contributed by atoms with Crippen molar-refractivity contribution in [1.82, 2.24) is 5.06 Å². The summed E-state index contributed by atoms with van der Waals surface area (Å²) in [5.74, 6) is 1.09. The number of ether oxygens (including phenoxy) is 1. The summed E-state index contributed by atoms with van der Waals surface area (Å²) in [7, 11) is 1.45. The standard InChI is InChI=1S/C21H34Cl2N2O6/c1-30-25(21-20(29)19(28)18(27)17(14-26)31-21)11-3-2-4-15-5-7-16(8-6-15)24(12-9-22)13-10-23/h5-8,17-21,26-29H,2-4,9-14H2,1H3/t17-,18-,19+,20-,21?/m0/s1. The molecule has 10 heteroatoms. The van der Waals surface area contributed by atoms with Crippen molar-refractivity contribution >= 4 is 28.9 Å². The van der Waals surface area contributed by atoms with Gasteiger partial charge in [-0.05, 0) is 37.0 Å². The van der Waals surface area contributed by atoms with Crippen LogP contribution in [0.1, 0.15) is 18.4 Å². The van der Waals surface area contributed by atoms with E-state index < -0.39 is 37.3 Å². The fourth-order valence-electron chi connectivity index (χ4n) is 3.69. The number of aryl methyl sites for hydroxylation is 1. The van der Waals surface area contributed by atoms with Crippen LogP contribution < -0.4 is 4.90 Å². The maximum absolute atomic E-state index is 10.2. The van der Waals surface area contributed by atoms with Gasteiger partial charge in [0.05, 0.1) is 13.7 Å². The number of halogens is 2. The summed E-state index contributed by atoms with van der Waals surface area (Å²) >= 11 is 11.7. The molecule has 31 heavy (non-hydrogen) atoms. The van der Waals surface area contributed by atoms with E-state index in [1.165, 1.54) is 17.7 Å². The zero-order chi connectivity index (χ0) is 22.8. The topological polar surface area (TPSA) is 106 Å². The number of nitrogens with zero attached hydrogens (tertiary/aromatic N) is 2. The fraction of sp³-hybridized carbons (Fsp3) is 0.714. The Kier molecular flexibility index (Phi) is 11.8. The van der Waals surface area contributed by atoms with E-state index in [2.05, 4.69) is 29.2 Å². The molecule has 5 atom stereocenters. The van der Waals surface area contributed by atoms with Crippen molar-refractivity contribution in [3.05, 3.63) is 29.8 Å². The number of rotatable bonds is 13. The Morgan fingerprint density at radius 2 is 1.58 bits per heavy atom. The van der Waals surface area contributed by atoms with Crippen molar-refractivity contribution in [1.29, 1.82) is 0 Å². The first-order valence-corrected chi connectivity index (χ1v) is 11.6. The van der Waals surface area contributed by atoms with Crippen LogP contribution in [0.25, 0.3) is 0 Å². The zero-order valence-corrected chi connectivity index (χ0v) is 19.3. The molecule has 1 heterocycles. The number of benzene rings is 1. The van der Waals surface area contributed by atoms with Gasteiger partial charge in [0, 0.05) is 37.1 Å². The first kappa shape index (κ1) is 26.6. The molecular formula is C21H34Cl2N2O6. The predicted octanol–water partition coefficient (Wildman–Crippen LogP) is 0.957. The molecule has 1 saturated heterocycles. The monoisotopic (exact) mass is 480 g/mol. The summed E-state index contributed by atoms with van der Waals surface area (Å²) in [4.78, 5) is 7.48. The first-order valence-electron chi connectivity index (χ1n) is 10.5. The van der Waals surface area contributed by atoms with Gasteiger partial charge < -0.3 is 30.1 Å². The largest absolute Gasteiger partial charge is 0.394 e. The molecule has 2 rings (SSSR count). The molecule has 8 nitrogen and oxygen atoms in total. The highest BCUT2D eigenvalue weighted by Crippen LogP contribution is 2.24. The Labute approximate surface area is 193 Å². The minimum Gasteiger partial charge on any atom is -0.394 e. The molecule has 178 valence electrons. The first-order chi connectivity index (χ1) is 15.0. The third-order valence-electron chi connectivity index (χ3n) is 5.49. The van der Waals surface area contributed by atoms with E-state index in [-0.39, 0.29) is 0 Å². The van der Waals surface area contributed by atoms with Crippen LogP contribution in [-0.2, 0) is 16.0 Å². The van der Waals surface area contributed by atoms with Crippen molar-refractivity contribution in [3.63, 3.8) is 0 Å². The quantitative estimate of drug-likeness (QED) is 0.188. The minimum atomic E-state index is -1.43. The molecule has 0 saturated carbocycles. The highest BCUT2D eigenvalue weighted by molar-refractivity contribution is 6.18. The number of alkyl halides is 2. The van der Waals surface area contributed by atoms with Gasteiger partial charge in [0.25, 0.3) is 0 Å². The van der Waals surface area contributed by atoms with E-state index in [0.29, 0.717) is 18.3 Å². The molecule has 1 fully saturated rings. The fourth-order valence-corrected chi connectivity index (χ4v) is 4.09. The molecule has 1 aromatic carbocycles. The molecule has 1 aliphatic rings. The molecule has 0 aromatic heterocycles. The molecule has 0 bridgehead atoms. The Morgan fingerprint density at radius 1 is 0.935 bits per heavy atom. The van der Waals surface area contributed by atoms with E-state index in [1.54, 1.807) is 0 Å². The summed E-state index contributed by atoms with van der Waals surface area (Å²) in [6, 6.07) is 8.33. The van der Waals surface area contributed by atoms with Gasteiger partial charge in [-0.15, -0.1) is 23.2 Å². The number of aliphatic hydroxyl groups excluding tert-OH is 4. The van der Waals surface area contributed by atoms with Gasteiger partial charge in [-0.3, -0.25) is 4.84 Å². The van der Waals surface area contributed by atoms with Crippen LogP contribution in [0.15, 0.2) is 24.3 Å². The lowest BCUT2D eigenvalue weighted by Gasteiger charge is -2.43. The summed E-state index contributed by atoms with van der Waals surface area (Å²) in [6.07, 6.45) is -3.59. The van der Waals surface area contributed by atoms with E-state index >= 15 is 0 Å². The average Bonchev–Trinajstić information content (AvgIpc) is 2.79. The van der Waals surface area contributed by atoms with Crippen LogP contribution >= 0.6 is 23.2 Å². The van der Waals surface area contributed by atoms with E-state index in [9.17, 15) is 20.4 Å². The highest BCUT2D eigenvalue weighted by Gasteiger charge is 2.45. The smallest absolute Gasteiger partial charge is 0.162 e. The Balaban J connectivity index is 1.84. The number of aliphatic hydroxyl groups is 4. The Hall–Kier alpha value is -0.680. The van der Waals surface area contributed by atoms with Gasteiger partial charge in [0.2, 0.25) is 0 Å². The lowest BCUT2D eigenvalue weighted by molar-refractivity contribution is -0.328. The van der Waals surface area contributed by atoms with Crippen molar-refractivity contribution < 1.29 is 30.0 Å². The third-order valence-corrected chi connectivity index (χ3v) is 5.83. The molecule has 1 aliphatic heterocycles. The summed E-state index contributed by atoms with van der Waals surface area (Å²) in [6.45, 7) is 1.48. The molecule has 0 spiro atoms. The summed E-state index contributed by atoms with van der Waals surface area (Å²) in [5.41, 5.74) is 2.30. The predicted molar refractivity (Wildman–Crippen MR) is 121 cm³/mol. The van der Waals surface area contributed by atoms with E-state index in [1.807, 2.05) is 0 Å². The van der Waals surface area contributed by atoms with Crippen LogP contribution in [0, 0.1) is 0 Å². The maximum atomic E-state index is 10.2. The number of unbranched alkanes of at least 4 members (excludes halogenated alkanes) is 1. The van der Waals surface area contributed by atoms with Gasteiger partial charge in [-0.2, -0.15) is 5.06 Å². The van der Waals surface area contributed by atoms with E-state index in [0.717, 1.165) is 38.0 Å². The van der Waals surface area contributed by atoms with Crippen molar-refractivity contribution in [3.8, 4) is 0 Å². The summed E-state index contributed by atoms with van der Waals surface area (Å²) in [5, 5.41) is 40.9. The lowest BCUT2D eigenvalue weighted by atomic mass is 9.98. The normalized spacial score (nSPS) is 26.4. The molecule has 0 amide bonds. The Morgan fingerprint density at radius 3 is 2.13 bits per heavy atom. The van der Waals surface area contributed by atoms with E-state index in [4.69, 9.17) is 32.8 Å². The molecule has 1 aromatic rings. The van der Waals surface area contributed by atoms with Crippen LogP contribution in [0.5, 0.6) is 0 Å². The SMILES string of the molecule is CON(CCCCc1ccc(N(CCCl)CCCl)cc1)C1O[C@@H](CO)[C@H](O)[C@@H](O)[C@@H]1O. The zero-order valence-electron chi connectivity index (χ0n) is 17.8. The average molecular weight is 481 g/mol. The Bertz CT molecular complexity index is 618. The maximum Gasteiger partial charge on any atom is 0.162 e. The van der Waals surface area contributed by atoms with Crippen LogP contribution in [0.2, 0.25) is 0 Å². The van der Waals surface area contributed by atoms with Gasteiger partial charge in [0.15, 0.2) is 6.23 Å². The second kappa shape index (κ2) is 13.8. The molecular weight excluding hydrogens is 447 g/mol.